The standard InChI is InChI=1S/C14H19N3OS/c1-4-14(2,9-15)13-16-12(17-18-13)10-5-7-11(19-3)8-6-10/h5-8H,4,9,15H2,1-3H3. The number of hydrogen-bond donors (Lipinski definition) is 1. The van der Waals surface area contributed by atoms with Gasteiger partial charge in [0.15, 0.2) is 0 Å². The normalized spacial score (nSPS) is 14.3. The van der Waals surface area contributed by atoms with E-state index in [-0.39, 0.29) is 5.41 Å². The lowest BCUT2D eigenvalue weighted by molar-refractivity contribution is 0.291. The minimum atomic E-state index is -0.246. The van der Waals surface area contributed by atoms with Crippen molar-refractivity contribution in [2.45, 2.75) is 30.6 Å². The molecule has 1 aromatic heterocycles. The van der Waals surface area contributed by atoms with Crippen molar-refractivity contribution in [2.75, 3.05) is 12.8 Å². The molecule has 0 aliphatic rings. The maximum Gasteiger partial charge on any atom is 0.234 e. The summed E-state index contributed by atoms with van der Waals surface area (Å²) in [6.45, 7) is 4.61. The van der Waals surface area contributed by atoms with E-state index in [1.807, 2.05) is 19.1 Å². The Morgan fingerprint density at radius 1 is 1.32 bits per heavy atom. The molecule has 0 aliphatic heterocycles. The van der Waals surface area contributed by atoms with Crippen LogP contribution in [-0.2, 0) is 5.41 Å². The number of nitrogens with two attached hydrogens (primary N) is 1. The number of aromatic nitrogens is 2. The summed E-state index contributed by atoms with van der Waals surface area (Å²) in [4.78, 5) is 5.70. The van der Waals surface area contributed by atoms with Gasteiger partial charge in [-0.05, 0) is 43.9 Å². The van der Waals surface area contributed by atoms with E-state index in [9.17, 15) is 0 Å². The molecule has 2 aromatic rings. The first kappa shape index (κ1) is 14.1. The van der Waals surface area contributed by atoms with E-state index in [1.54, 1.807) is 11.8 Å². The van der Waals surface area contributed by atoms with Crippen LogP contribution in [0, 0.1) is 0 Å². The van der Waals surface area contributed by atoms with E-state index in [2.05, 4.69) is 35.5 Å². The van der Waals surface area contributed by atoms with Crippen molar-refractivity contribution >= 4 is 11.8 Å². The van der Waals surface area contributed by atoms with E-state index >= 15 is 0 Å². The van der Waals surface area contributed by atoms with Crippen molar-refractivity contribution in [3.05, 3.63) is 30.2 Å². The van der Waals surface area contributed by atoms with Crippen LogP contribution in [0.2, 0.25) is 0 Å². The zero-order chi connectivity index (χ0) is 13.9. The highest BCUT2D eigenvalue weighted by atomic mass is 32.2. The van der Waals surface area contributed by atoms with Gasteiger partial charge in [0, 0.05) is 17.0 Å². The van der Waals surface area contributed by atoms with Crippen molar-refractivity contribution in [1.29, 1.82) is 0 Å². The maximum atomic E-state index is 5.80. The second kappa shape index (κ2) is 5.75. The highest BCUT2D eigenvalue weighted by Gasteiger charge is 2.29. The Labute approximate surface area is 117 Å². The Morgan fingerprint density at radius 2 is 2.00 bits per heavy atom. The fourth-order valence-electron chi connectivity index (χ4n) is 1.71. The molecule has 0 amide bonds. The van der Waals surface area contributed by atoms with Gasteiger partial charge in [-0.2, -0.15) is 4.98 Å². The fraction of sp³-hybridized carbons (Fsp3) is 0.429. The van der Waals surface area contributed by atoms with Crippen LogP contribution in [0.1, 0.15) is 26.2 Å². The molecule has 1 aromatic carbocycles. The van der Waals surface area contributed by atoms with Crippen molar-refractivity contribution in [2.24, 2.45) is 5.73 Å². The van der Waals surface area contributed by atoms with Crippen molar-refractivity contribution in [3.63, 3.8) is 0 Å². The van der Waals surface area contributed by atoms with E-state index in [0.29, 0.717) is 18.3 Å². The first-order valence-electron chi connectivity index (χ1n) is 6.31. The first-order chi connectivity index (χ1) is 9.12. The van der Waals surface area contributed by atoms with E-state index in [1.165, 1.54) is 4.90 Å². The second-order valence-electron chi connectivity index (χ2n) is 4.77. The van der Waals surface area contributed by atoms with Gasteiger partial charge in [0.2, 0.25) is 11.7 Å². The molecule has 2 N–H and O–H groups in total. The quantitative estimate of drug-likeness (QED) is 0.851. The third kappa shape index (κ3) is 2.82. The average molecular weight is 277 g/mol. The molecule has 1 unspecified atom stereocenters. The molecule has 0 radical (unpaired) electrons. The van der Waals surface area contributed by atoms with Gasteiger partial charge in [-0.25, -0.2) is 0 Å². The predicted octanol–water partition coefficient (Wildman–Crippen LogP) is 3.08. The molecule has 0 fully saturated rings. The SMILES string of the molecule is CCC(C)(CN)c1nc(-c2ccc(SC)cc2)no1. The van der Waals surface area contributed by atoms with Crippen molar-refractivity contribution in [3.8, 4) is 11.4 Å². The largest absolute Gasteiger partial charge is 0.338 e. The number of thioether (sulfide) groups is 1. The van der Waals surface area contributed by atoms with Crippen LogP contribution in [0.25, 0.3) is 11.4 Å². The lowest BCUT2D eigenvalue weighted by Crippen LogP contribution is -2.31. The molecule has 102 valence electrons. The molecule has 4 nitrogen and oxygen atoms in total. The summed E-state index contributed by atoms with van der Waals surface area (Å²) < 4.78 is 5.38. The summed E-state index contributed by atoms with van der Waals surface area (Å²) in [5.74, 6) is 1.23. The monoisotopic (exact) mass is 277 g/mol. The summed E-state index contributed by atoms with van der Waals surface area (Å²) in [7, 11) is 0. The molecule has 0 aliphatic carbocycles. The summed E-state index contributed by atoms with van der Waals surface area (Å²) in [6, 6.07) is 8.12. The minimum absolute atomic E-state index is 0.246. The molecule has 5 heteroatoms. The first-order valence-corrected chi connectivity index (χ1v) is 7.54. The number of rotatable bonds is 5. The fourth-order valence-corrected chi connectivity index (χ4v) is 2.12. The van der Waals surface area contributed by atoms with Gasteiger partial charge in [0.05, 0.1) is 5.41 Å². The molecule has 0 saturated heterocycles. The highest BCUT2D eigenvalue weighted by Crippen LogP contribution is 2.27. The number of benzene rings is 1. The molecule has 2 rings (SSSR count). The molecule has 0 saturated carbocycles. The van der Waals surface area contributed by atoms with Crippen LogP contribution in [0.15, 0.2) is 33.7 Å². The van der Waals surface area contributed by atoms with E-state index in [4.69, 9.17) is 10.3 Å². The Balaban J connectivity index is 2.29. The number of hydrogen-bond acceptors (Lipinski definition) is 5. The van der Waals surface area contributed by atoms with Crippen LogP contribution in [0.3, 0.4) is 0 Å². The van der Waals surface area contributed by atoms with Gasteiger partial charge in [-0.1, -0.05) is 12.1 Å². The Kier molecular flexibility index (Phi) is 4.27. The van der Waals surface area contributed by atoms with Gasteiger partial charge in [-0.3, -0.25) is 0 Å². The Morgan fingerprint density at radius 3 is 2.53 bits per heavy atom. The van der Waals surface area contributed by atoms with Gasteiger partial charge in [-0.15, -0.1) is 11.8 Å². The molecular weight excluding hydrogens is 258 g/mol. The minimum Gasteiger partial charge on any atom is -0.338 e. The van der Waals surface area contributed by atoms with Crippen LogP contribution in [-0.4, -0.2) is 22.9 Å². The average Bonchev–Trinajstić information content (AvgIpc) is 2.97. The van der Waals surface area contributed by atoms with Crippen LogP contribution < -0.4 is 5.73 Å². The van der Waals surface area contributed by atoms with Crippen molar-refractivity contribution in [1.82, 2.24) is 10.1 Å². The lowest BCUT2D eigenvalue weighted by atomic mass is 9.88. The van der Waals surface area contributed by atoms with Crippen molar-refractivity contribution < 1.29 is 4.52 Å². The third-order valence-electron chi connectivity index (χ3n) is 3.52. The topological polar surface area (TPSA) is 64.9 Å². The number of nitrogens with zero attached hydrogens (tertiary/aromatic N) is 2. The van der Waals surface area contributed by atoms with Crippen LogP contribution in [0.5, 0.6) is 0 Å². The van der Waals surface area contributed by atoms with Crippen LogP contribution in [0.4, 0.5) is 0 Å². The maximum absolute atomic E-state index is 5.80. The van der Waals surface area contributed by atoms with Gasteiger partial charge in [0.25, 0.3) is 0 Å². The second-order valence-corrected chi connectivity index (χ2v) is 5.65. The molecular formula is C14H19N3OS. The molecule has 1 heterocycles. The zero-order valence-electron chi connectivity index (χ0n) is 11.5. The third-order valence-corrected chi connectivity index (χ3v) is 4.26. The van der Waals surface area contributed by atoms with E-state index in [0.717, 1.165) is 12.0 Å². The molecule has 0 bridgehead atoms. The highest BCUT2D eigenvalue weighted by molar-refractivity contribution is 7.98. The molecule has 19 heavy (non-hydrogen) atoms. The summed E-state index contributed by atoms with van der Waals surface area (Å²) in [5, 5.41) is 4.06. The lowest BCUT2D eigenvalue weighted by Gasteiger charge is -2.20. The van der Waals surface area contributed by atoms with Gasteiger partial charge in [0.1, 0.15) is 0 Å². The smallest absolute Gasteiger partial charge is 0.234 e. The summed E-state index contributed by atoms with van der Waals surface area (Å²) in [6.07, 6.45) is 2.92. The van der Waals surface area contributed by atoms with Gasteiger partial charge >= 0.3 is 0 Å². The zero-order valence-corrected chi connectivity index (χ0v) is 12.3. The van der Waals surface area contributed by atoms with E-state index < -0.39 is 0 Å². The Bertz CT molecular complexity index is 532. The Hall–Kier alpha value is -1.33. The van der Waals surface area contributed by atoms with Gasteiger partial charge < -0.3 is 10.3 Å². The molecule has 0 spiro atoms. The van der Waals surface area contributed by atoms with Crippen LogP contribution >= 0.6 is 11.8 Å². The molecule has 1 atom stereocenters. The predicted molar refractivity (Wildman–Crippen MR) is 78.2 cm³/mol. The summed E-state index contributed by atoms with van der Waals surface area (Å²) >= 11 is 1.71. The summed E-state index contributed by atoms with van der Waals surface area (Å²) in [5.41, 5.74) is 6.52.